The molecule has 3 nitrogen and oxygen atoms in total. The van der Waals surface area contributed by atoms with Crippen molar-refractivity contribution in [3.63, 3.8) is 0 Å². The summed E-state index contributed by atoms with van der Waals surface area (Å²) in [6, 6.07) is 5.42. The topological polar surface area (TPSA) is 46.5 Å². The molecule has 2 unspecified atom stereocenters. The fraction of sp³-hybridized carbons (Fsp3) is 0.500. The highest BCUT2D eigenvalue weighted by atomic mass is 16.5. The molecule has 1 aliphatic rings. The van der Waals surface area contributed by atoms with Gasteiger partial charge in [-0.3, -0.25) is 4.79 Å². The Morgan fingerprint density at radius 3 is 2.71 bits per heavy atom. The van der Waals surface area contributed by atoms with Crippen LogP contribution < -0.4 is 4.74 Å². The van der Waals surface area contributed by atoms with Gasteiger partial charge in [0.25, 0.3) is 0 Å². The third-order valence-electron chi connectivity index (χ3n) is 3.28. The molecule has 0 spiro atoms. The number of rotatable bonds is 3. The van der Waals surface area contributed by atoms with E-state index in [9.17, 15) is 9.90 Å². The zero-order chi connectivity index (χ0) is 12.4. The molecular weight excluding hydrogens is 216 g/mol. The molecule has 0 amide bonds. The summed E-state index contributed by atoms with van der Waals surface area (Å²) < 4.78 is 5.79. The molecule has 1 aliphatic carbocycles. The van der Waals surface area contributed by atoms with Gasteiger partial charge in [-0.1, -0.05) is 0 Å². The average molecular weight is 234 g/mol. The van der Waals surface area contributed by atoms with Gasteiger partial charge in [-0.15, -0.1) is 0 Å². The van der Waals surface area contributed by atoms with Crippen molar-refractivity contribution in [2.45, 2.75) is 45.3 Å². The van der Waals surface area contributed by atoms with Gasteiger partial charge >= 0.3 is 0 Å². The molecule has 1 saturated carbocycles. The first-order valence-corrected chi connectivity index (χ1v) is 6.04. The smallest absolute Gasteiger partial charge is 0.159 e. The van der Waals surface area contributed by atoms with E-state index >= 15 is 0 Å². The molecule has 0 heterocycles. The second kappa shape index (κ2) is 4.88. The van der Waals surface area contributed by atoms with Crippen molar-refractivity contribution in [1.82, 2.24) is 0 Å². The Balaban J connectivity index is 2.14. The molecule has 1 aromatic rings. The number of aliphatic hydroxyl groups excluding tert-OH is 1. The van der Waals surface area contributed by atoms with E-state index in [1.165, 1.54) is 0 Å². The minimum absolute atomic E-state index is 0.0561. The summed E-state index contributed by atoms with van der Waals surface area (Å²) in [4.78, 5) is 11.2. The predicted molar refractivity (Wildman–Crippen MR) is 65.5 cm³/mol. The Morgan fingerprint density at radius 2 is 2.18 bits per heavy atom. The first-order valence-electron chi connectivity index (χ1n) is 6.04. The summed E-state index contributed by atoms with van der Waals surface area (Å²) in [5.41, 5.74) is 1.64. The Labute approximate surface area is 101 Å². The van der Waals surface area contributed by atoms with Gasteiger partial charge in [0.1, 0.15) is 11.9 Å². The van der Waals surface area contributed by atoms with Crippen molar-refractivity contribution in [3.8, 4) is 5.75 Å². The van der Waals surface area contributed by atoms with E-state index in [2.05, 4.69) is 0 Å². The molecule has 1 fully saturated rings. The molecule has 0 aliphatic heterocycles. The molecular formula is C14H18O3. The van der Waals surface area contributed by atoms with Crippen LogP contribution in [0, 0.1) is 6.92 Å². The number of aryl methyl sites for hydroxylation is 1. The van der Waals surface area contributed by atoms with Crippen LogP contribution in [0.2, 0.25) is 0 Å². The number of carbonyl (C=O) groups is 1. The number of hydrogen-bond acceptors (Lipinski definition) is 3. The van der Waals surface area contributed by atoms with Crippen LogP contribution in [0.5, 0.6) is 5.75 Å². The number of Topliss-reactive ketones (excluding diaryl/α,β-unsaturated/α-hetero) is 1. The Hall–Kier alpha value is -1.35. The monoisotopic (exact) mass is 234 g/mol. The lowest BCUT2D eigenvalue weighted by Gasteiger charge is -2.18. The molecule has 0 aromatic heterocycles. The highest BCUT2D eigenvalue weighted by Gasteiger charge is 2.27. The number of ketones is 1. The summed E-state index contributed by atoms with van der Waals surface area (Å²) in [5, 5.41) is 9.70. The Kier molecular flexibility index (Phi) is 3.48. The second-order valence-corrected chi connectivity index (χ2v) is 4.69. The lowest BCUT2D eigenvalue weighted by molar-refractivity contribution is 0.0599. The van der Waals surface area contributed by atoms with E-state index in [4.69, 9.17) is 4.74 Å². The van der Waals surface area contributed by atoms with Crippen molar-refractivity contribution < 1.29 is 14.6 Å². The van der Waals surface area contributed by atoms with Crippen LogP contribution in [-0.4, -0.2) is 23.1 Å². The van der Waals surface area contributed by atoms with Gasteiger partial charge < -0.3 is 9.84 Å². The van der Waals surface area contributed by atoms with E-state index in [0.717, 1.165) is 30.6 Å². The number of benzene rings is 1. The molecule has 0 saturated heterocycles. The van der Waals surface area contributed by atoms with Crippen LogP contribution in [0.15, 0.2) is 18.2 Å². The van der Waals surface area contributed by atoms with Gasteiger partial charge in [0.05, 0.1) is 6.10 Å². The normalized spacial score (nSPS) is 23.7. The van der Waals surface area contributed by atoms with Gasteiger partial charge in [0.2, 0.25) is 0 Å². The van der Waals surface area contributed by atoms with Gasteiger partial charge in [-0.2, -0.15) is 0 Å². The van der Waals surface area contributed by atoms with E-state index in [-0.39, 0.29) is 18.0 Å². The first-order chi connectivity index (χ1) is 8.08. The number of ether oxygens (including phenoxy) is 1. The third kappa shape index (κ3) is 2.67. The molecule has 0 radical (unpaired) electrons. The van der Waals surface area contributed by atoms with Crippen molar-refractivity contribution in [1.29, 1.82) is 0 Å². The summed E-state index contributed by atoms with van der Waals surface area (Å²) in [5.74, 6) is 0.821. The van der Waals surface area contributed by atoms with Crippen molar-refractivity contribution in [3.05, 3.63) is 29.3 Å². The van der Waals surface area contributed by atoms with Crippen molar-refractivity contribution in [2.24, 2.45) is 0 Å². The van der Waals surface area contributed by atoms with Gasteiger partial charge in [0, 0.05) is 5.56 Å². The van der Waals surface area contributed by atoms with Crippen LogP contribution in [0.3, 0.4) is 0 Å². The number of hydrogen-bond donors (Lipinski definition) is 1. The highest BCUT2D eigenvalue weighted by Crippen LogP contribution is 2.27. The van der Waals surface area contributed by atoms with Crippen LogP contribution in [0.1, 0.15) is 42.1 Å². The third-order valence-corrected chi connectivity index (χ3v) is 3.28. The Bertz CT molecular complexity index is 425. The van der Waals surface area contributed by atoms with Crippen LogP contribution in [-0.2, 0) is 0 Å². The molecule has 17 heavy (non-hydrogen) atoms. The van der Waals surface area contributed by atoms with Crippen LogP contribution >= 0.6 is 0 Å². The first kappa shape index (κ1) is 12.1. The zero-order valence-corrected chi connectivity index (χ0v) is 10.3. The SMILES string of the molecule is CC(=O)c1ccc(OC2CCCC2O)c(C)c1. The number of carbonyl (C=O) groups excluding carboxylic acids is 1. The van der Waals surface area contributed by atoms with Crippen LogP contribution in [0.25, 0.3) is 0 Å². The maximum atomic E-state index is 11.2. The van der Waals surface area contributed by atoms with E-state index in [1.54, 1.807) is 13.0 Å². The molecule has 2 atom stereocenters. The quantitative estimate of drug-likeness (QED) is 0.817. The average Bonchev–Trinajstić information content (AvgIpc) is 2.67. The summed E-state index contributed by atoms with van der Waals surface area (Å²) in [6.07, 6.45) is 2.26. The van der Waals surface area contributed by atoms with Crippen molar-refractivity contribution >= 4 is 5.78 Å². The van der Waals surface area contributed by atoms with Gasteiger partial charge in [0.15, 0.2) is 5.78 Å². The summed E-state index contributed by atoms with van der Waals surface area (Å²) in [7, 11) is 0. The maximum Gasteiger partial charge on any atom is 0.159 e. The molecule has 2 rings (SSSR count). The summed E-state index contributed by atoms with van der Waals surface area (Å²) >= 11 is 0. The lowest BCUT2D eigenvalue weighted by Crippen LogP contribution is -2.25. The molecule has 1 aromatic carbocycles. The van der Waals surface area contributed by atoms with Crippen LogP contribution in [0.4, 0.5) is 0 Å². The fourth-order valence-corrected chi connectivity index (χ4v) is 2.21. The van der Waals surface area contributed by atoms with E-state index < -0.39 is 0 Å². The lowest BCUT2D eigenvalue weighted by atomic mass is 10.1. The molecule has 92 valence electrons. The Morgan fingerprint density at radius 1 is 1.41 bits per heavy atom. The minimum Gasteiger partial charge on any atom is -0.487 e. The largest absolute Gasteiger partial charge is 0.487 e. The maximum absolute atomic E-state index is 11.2. The highest BCUT2D eigenvalue weighted by molar-refractivity contribution is 5.94. The molecule has 0 bridgehead atoms. The molecule has 1 N–H and O–H groups in total. The van der Waals surface area contributed by atoms with Gasteiger partial charge in [-0.05, 0) is 56.9 Å². The van der Waals surface area contributed by atoms with Gasteiger partial charge in [-0.25, -0.2) is 0 Å². The van der Waals surface area contributed by atoms with E-state index in [0.29, 0.717) is 5.56 Å². The minimum atomic E-state index is -0.359. The van der Waals surface area contributed by atoms with E-state index in [1.807, 2.05) is 19.1 Å². The summed E-state index contributed by atoms with van der Waals surface area (Å²) in [6.45, 7) is 3.47. The standard InChI is InChI=1S/C14H18O3/c1-9-8-11(10(2)15)6-7-13(9)17-14-5-3-4-12(14)16/h6-8,12,14,16H,3-5H2,1-2H3. The fourth-order valence-electron chi connectivity index (χ4n) is 2.21. The number of aliphatic hydroxyl groups is 1. The zero-order valence-electron chi connectivity index (χ0n) is 10.3. The second-order valence-electron chi connectivity index (χ2n) is 4.69. The van der Waals surface area contributed by atoms with Crippen molar-refractivity contribution in [2.75, 3.05) is 0 Å². The predicted octanol–water partition coefficient (Wildman–Crippen LogP) is 2.49. The molecule has 3 heteroatoms.